The Labute approximate surface area is 245 Å². The van der Waals surface area contributed by atoms with Gasteiger partial charge in [-0.3, -0.25) is 9.69 Å². The van der Waals surface area contributed by atoms with Gasteiger partial charge in [-0.15, -0.1) is 11.3 Å². The summed E-state index contributed by atoms with van der Waals surface area (Å²) in [4.78, 5) is 21.9. The molecule has 2 heterocycles. The minimum absolute atomic E-state index is 0.149. The molecule has 0 bridgehead atoms. The van der Waals surface area contributed by atoms with Crippen LogP contribution >= 0.6 is 11.3 Å². The van der Waals surface area contributed by atoms with Crippen molar-refractivity contribution in [1.82, 2.24) is 19.9 Å². The summed E-state index contributed by atoms with van der Waals surface area (Å²) in [5, 5.41) is 14.6. The van der Waals surface area contributed by atoms with Crippen LogP contribution in [0.1, 0.15) is 87.8 Å². The smallest absolute Gasteiger partial charge is 0.280 e. The van der Waals surface area contributed by atoms with Gasteiger partial charge in [0.15, 0.2) is 5.01 Å². The Bertz CT molecular complexity index is 1170. The number of carbonyl (C=O) groups excluding carboxylic acids is 1. The van der Waals surface area contributed by atoms with E-state index >= 15 is 0 Å². The number of morpholine rings is 1. The van der Waals surface area contributed by atoms with Crippen LogP contribution in [0.4, 0.5) is 0 Å². The Kier molecular flexibility index (Phi) is 10.6. The zero-order valence-electron chi connectivity index (χ0n) is 24.7. The molecule has 1 aromatic carbocycles. The van der Waals surface area contributed by atoms with E-state index in [9.17, 15) is 14.1 Å². The average Bonchev–Trinajstić information content (AvgIpc) is 3.32. The second kappa shape index (κ2) is 13.5. The molecule has 2 aromatic rings. The maximum absolute atomic E-state index is 13.2. The predicted molar refractivity (Wildman–Crippen MR) is 162 cm³/mol. The second-order valence-corrected chi connectivity index (χ2v) is 14.8. The molecular weight excluding hydrogens is 544 g/mol. The van der Waals surface area contributed by atoms with E-state index in [1.807, 2.05) is 39.0 Å². The van der Waals surface area contributed by atoms with Gasteiger partial charge in [0.1, 0.15) is 11.0 Å². The number of ether oxygens (including phenoxy) is 1. The van der Waals surface area contributed by atoms with Crippen LogP contribution in [-0.4, -0.2) is 70.0 Å². The van der Waals surface area contributed by atoms with Crippen LogP contribution in [0.2, 0.25) is 0 Å². The van der Waals surface area contributed by atoms with Crippen LogP contribution in [0.15, 0.2) is 23.1 Å². The van der Waals surface area contributed by atoms with Gasteiger partial charge in [0.05, 0.1) is 34.3 Å². The van der Waals surface area contributed by atoms with Crippen LogP contribution in [0, 0.1) is 5.92 Å². The first-order valence-electron chi connectivity index (χ1n) is 14.6. The van der Waals surface area contributed by atoms with Crippen LogP contribution < -0.4 is 10.0 Å². The fourth-order valence-electron chi connectivity index (χ4n) is 5.35. The van der Waals surface area contributed by atoms with Gasteiger partial charge in [0.2, 0.25) is 0 Å². The molecule has 8 nitrogen and oxygen atoms in total. The summed E-state index contributed by atoms with van der Waals surface area (Å²) >= 11 is 1.41. The molecule has 1 saturated heterocycles. The number of thiazole rings is 1. The summed E-state index contributed by atoms with van der Waals surface area (Å²) in [5.41, 5.74) is 0.889. The highest BCUT2D eigenvalue weighted by Crippen LogP contribution is 2.38. The molecule has 1 saturated carbocycles. The normalized spacial score (nSPS) is 18.6. The zero-order chi connectivity index (χ0) is 28.9. The molecule has 222 valence electrons. The summed E-state index contributed by atoms with van der Waals surface area (Å²) < 4.78 is 21.8. The summed E-state index contributed by atoms with van der Waals surface area (Å²) in [6.07, 6.45) is 6.97. The number of aromatic nitrogens is 1. The molecule has 1 aromatic heterocycles. The van der Waals surface area contributed by atoms with Crippen molar-refractivity contribution in [3.05, 3.63) is 34.5 Å². The maximum atomic E-state index is 13.2. The van der Waals surface area contributed by atoms with Gasteiger partial charge in [-0.1, -0.05) is 38.2 Å². The lowest BCUT2D eigenvalue weighted by atomic mass is 9.85. The van der Waals surface area contributed by atoms with Crippen LogP contribution in [0.3, 0.4) is 0 Å². The van der Waals surface area contributed by atoms with Gasteiger partial charge < -0.3 is 15.2 Å². The number of aliphatic hydroxyl groups is 1. The van der Waals surface area contributed by atoms with Crippen molar-refractivity contribution < 1.29 is 18.8 Å². The monoisotopic (exact) mass is 590 g/mol. The largest absolute Gasteiger partial charge is 0.386 e. The van der Waals surface area contributed by atoms with E-state index < -0.39 is 16.6 Å². The molecule has 2 aliphatic rings. The van der Waals surface area contributed by atoms with Crippen LogP contribution in [-0.2, 0) is 27.7 Å². The number of nitrogens with zero attached hydrogens (tertiary/aromatic N) is 2. The zero-order valence-corrected chi connectivity index (χ0v) is 26.3. The van der Waals surface area contributed by atoms with Gasteiger partial charge in [-0.05, 0) is 64.7 Å². The highest BCUT2D eigenvalue weighted by Gasteiger charge is 2.28. The van der Waals surface area contributed by atoms with E-state index in [0.29, 0.717) is 27.9 Å². The third-order valence-corrected chi connectivity index (χ3v) is 10.1. The van der Waals surface area contributed by atoms with E-state index in [1.165, 1.54) is 43.4 Å². The first-order valence-corrected chi connectivity index (χ1v) is 16.5. The standard InChI is InChI=1S/C30H46N4O4S2/c1-29(2,3)33-40(37)25-12-11-22(20-23(25)30(4,5)36)26-24(19-21-9-7-6-8-10-21)32-28(39-26)27(35)31-13-14-34-15-17-38-18-16-34/h11-12,20-21,33,36H,6-10,13-19H2,1-5H3,(H,31,35). The number of hydrogen-bond acceptors (Lipinski definition) is 7. The molecule has 0 radical (unpaired) electrons. The second-order valence-electron chi connectivity index (χ2n) is 12.6. The molecule has 4 rings (SSSR count). The molecule has 1 aliphatic carbocycles. The average molecular weight is 591 g/mol. The molecule has 1 amide bonds. The lowest BCUT2D eigenvalue weighted by Crippen LogP contribution is -2.41. The molecule has 10 heteroatoms. The SMILES string of the molecule is CC(C)(C)NS(=O)c1ccc(-c2sc(C(=O)NCCN3CCOCC3)nc2CC2CCCCC2)cc1C(C)(C)O. The van der Waals surface area contributed by atoms with Crippen LogP contribution in [0.5, 0.6) is 0 Å². The van der Waals surface area contributed by atoms with Crippen molar-refractivity contribution in [3.8, 4) is 10.4 Å². The quantitative estimate of drug-likeness (QED) is 0.373. The Morgan fingerprint density at radius 1 is 1.15 bits per heavy atom. The van der Waals surface area contributed by atoms with Crippen molar-refractivity contribution in [3.63, 3.8) is 0 Å². The Balaban J connectivity index is 1.62. The van der Waals surface area contributed by atoms with E-state index in [2.05, 4.69) is 14.9 Å². The number of hydrogen-bond donors (Lipinski definition) is 3. The number of amides is 1. The van der Waals surface area contributed by atoms with E-state index in [-0.39, 0.29) is 11.4 Å². The molecular formula is C30H46N4O4S2. The lowest BCUT2D eigenvalue weighted by molar-refractivity contribution is 0.0383. The van der Waals surface area contributed by atoms with Gasteiger partial charge in [0, 0.05) is 37.3 Å². The molecule has 2 fully saturated rings. The predicted octanol–water partition coefficient (Wildman–Crippen LogP) is 4.63. The minimum atomic E-state index is -1.49. The first-order chi connectivity index (χ1) is 18.9. The van der Waals surface area contributed by atoms with E-state index in [0.717, 1.165) is 55.4 Å². The topological polar surface area (TPSA) is 104 Å². The Morgan fingerprint density at radius 3 is 2.50 bits per heavy atom. The Morgan fingerprint density at radius 2 is 1.85 bits per heavy atom. The molecule has 0 spiro atoms. The molecule has 1 atom stereocenters. The Hall–Kier alpha value is -1.69. The highest BCUT2D eigenvalue weighted by molar-refractivity contribution is 7.83. The number of nitrogens with one attached hydrogen (secondary N) is 2. The molecule has 1 aliphatic heterocycles. The first kappa shape index (κ1) is 31.3. The molecule has 1 unspecified atom stereocenters. The van der Waals surface area contributed by atoms with Crippen LogP contribution in [0.25, 0.3) is 10.4 Å². The minimum Gasteiger partial charge on any atom is -0.386 e. The van der Waals surface area contributed by atoms with Gasteiger partial charge >= 0.3 is 0 Å². The fourth-order valence-corrected chi connectivity index (χ4v) is 7.72. The molecule has 3 N–H and O–H groups in total. The number of carbonyl (C=O) groups is 1. The van der Waals surface area contributed by atoms with Gasteiger partial charge in [0.25, 0.3) is 5.91 Å². The highest BCUT2D eigenvalue weighted by atomic mass is 32.2. The maximum Gasteiger partial charge on any atom is 0.280 e. The lowest BCUT2D eigenvalue weighted by Gasteiger charge is -2.26. The third-order valence-electron chi connectivity index (χ3n) is 7.42. The van der Waals surface area contributed by atoms with Crippen molar-refractivity contribution in [2.75, 3.05) is 39.4 Å². The molecule has 40 heavy (non-hydrogen) atoms. The van der Waals surface area contributed by atoms with Crippen molar-refractivity contribution in [2.45, 2.75) is 89.2 Å². The number of rotatable bonds is 10. The summed E-state index contributed by atoms with van der Waals surface area (Å²) in [6.45, 7) is 13.9. The van der Waals surface area contributed by atoms with Gasteiger partial charge in [-0.2, -0.15) is 0 Å². The summed E-state index contributed by atoms with van der Waals surface area (Å²) in [7, 11) is -1.49. The fraction of sp³-hybridized carbons (Fsp3) is 0.667. The third kappa shape index (κ3) is 8.66. The summed E-state index contributed by atoms with van der Waals surface area (Å²) in [5.74, 6) is 0.410. The van der Waals surface area contributed by atoms with Crippen molar-refractivity contribution in [1.29, 1.82) is 0 Å². The van der Waals surface area contributed by atoms with E-state index in [4.69, 9.17) is 9.72 Å². The number of benzene rings is 1. The van der Waals surface area contributed by atoms with Crippen molar-refractivity contribution >= 4 is 28.2 Å². The van der Waals surface area contributed by atoms with E-state index in [1.54, 1.807) is 13.8 Å². The van der Waals surface area contributed by atoms with Crippen molar-refractivity contribution in [2.24, 2.45) is 5.92 Å². The van der Waals surface area contributed by atoms with Gasteiger partial charge in [-0.25, -0.2) is 13.9 Å². The summed E-state index contributed by atoms with van der Waals surface area (Å²) in [6, 6.07) is 5.71.